The average Bonchev–Trinajstić information content (AvgIpc) is 2.82. The third-order valence-corrected chi connectivity index (χ3v) is 2.45. The summed E-state index contributed by atoms with van der Waals surface area (Å²) in [4.78, 5) is 0. The van der Waals surface area contributed by atoms with E-state index in [0.29, 0.717) is 23.5 Å². The number of nitrogens with zero attached hydrogens (tertiary/aromatic N) is 1. The number of nitriles is 1. The maximum absolute atomic E-state index is 8.98. The highest BCUT2D eigenvalue weighted by Gasteiger charge is 2.18. The van der Waals surface area contributed by atoms with Gasteiger partial charge in [0.25, 0.3) is 0 Å². The largest absolute Gasteiger partial charge is 0.487 e. The van der Waals surface area contributed by atoms with Crippen molar-refractivity contribution >= 4 is 0 Å². The smallest absolute Gasteiger partial charge is 0.137 e. The van der Waals surface area contributed by atoms with Crippen molar-refractivity contribution in [2.75, 3.05) is 13.2 Å². The Kier molecular flexibility index (Phi) is 3.10. The van der Waals surface area contributed by atoms with Crippen LogP contribution in [0.4, 0.5) is 0 Å². The van der Waals surface area contributed by atoms with E-state index in [1.165, 1.54) is 0 Å². The molecule has 1 aliphatic rings. The lowest BCUT2D eigenvalue weighted by Crippen LogP contribution is -2.16. The summed E-state index contributed by atoms with van der Waals surface area (Å²) in [5.41, 5.74) is 1.16. The van der Waals surface area contributed by atoms with Crippen molar-refractivity contribution in [1.82, 2.24) is 0 Å². The zero-order chi connectivity index (χ0) is 11.4. The van der Waals surface area contributed by atoms with Crippen molar-refractivity contribution < 1.29 is 9.47 Å². The molecule has 0 saturated carbocycles. The molecule has 0 N–H and O–H groups in total. The highest BCUT2D eigenvalue weighted by Crippen LogP contribution is 2.22. The van der Waals surface area contributed by atoms with Gasteiger partial charge in [-0.05, 0) is 18.2 Å². The van der Waals surface area contributed by atoms with Gasteiger partial charge in [0.2, 0.25) is 0 Å². The lowest BCUT2D eigenvalue weighted by atomic mass is 10.1. The van der Waals surface area contributed by atoms with Crippen LogP contribution in [0.25, 0.3) is 0 Å². The number of benzene rings is 1. The second-order valence-electron chi connectivity index (χ2n) is 3.57. The number of hydrogen-bond acceptors (Lipinski definition) is 3. The van der Waals surface area contributed by atoms with Crippen LogP contribution in [0, 0.1) is 23.7 Å². The van der Waals surface area contributed by atoms with E-state index in [1.54, 1.807) is 18.2 Å². The van der Waals surface area contributed by atoms with Gasteiger partial charge in [-0.15, -0.1) is 6.42 Å². The van der Waals surface area contributed by atoms with Gasteiger partial charge in [0.15, 0.2) is 0 Å². The topological polar surface area (TPSA) is 42.2 Å². The SMILES string of the molecule is C#Cc1ccc(OC2CCOC2)c(C#N)c1. The molecule has 1 heterocycles. The first-order chi connectivity index (χ1) is 7.83. The van der Waals surface area contributed by atoms with Crippen LogP contribution < -0.4 is 4.74 Å². The van der Waals surface area contributed by atoms with Gasteiger partial charge in [-0.25, -0.2) is 0 Å². The second-order valence-corrected chi connectivity index (χ2v) is 3.57. The van der Waals surface area contributed by atoms with Crippen LogP contribution in [0.5, 0.6) is 5.75 Å². The maximum atomic E-state index is 8.98. The molecule has 80 valence electrons. The average molecular weight is 213 g/mol. The van der Waals surface area contributed by atoms with Crippen LogP contribution in [0.2, 0.25) is 0 Å². The summed E-state index contributed by atoms with van der Waals surface area (Å²) in [6.07, 6.45) is 6.17. The highest BCUT2D eigenvalue weighted by atomic mass is 16.5. The van der Waals surface area contributed by atoms with Crippen molar-refractivity contribution in [3.05, 3.63) is 29.3 Å². The predicted molar refractivity (Wildman–Crippen MR) is 58.9 cm³/mol. The lowest BCUT2D eigenvalue weighted by Gasteiger charge is -2.12. The molecule has 1 aliphatic heterocycles. The molecule has 2 rings (SSSR count). The predicted octanol–water partition coefficient (Wildman–Crippen LogP) is 1.71. The summed E-state index contributed by atoms with van der Waals surface area (Å²) in [6, 6.07) is 7.25. The number of terminal acetylenes is 1. The molecule has 0 amide bonds. The number of rotatable bonds is 2. The fourth-order valence-electron chi connectivity index (χ4n) is 1.60. The fourth-order valence-corrected chi connectivity index (χ4v) is 1.60. The summed E-state index contributed by atoms with van der Waals surface area (Å²) in [6.45, 7) is 1.30. The molecule has 0 bridgehead atoms. The van der Waals surface area contributed by atoms with E-state index >= 15 is 0 Å². The maximum Gasteiger partial charge on any atom is 0.137 e. The Balaban J connectivity index is 2.20. The molecule has 1 unspecified atom stereocenters. The Morgan fingerprint density at radius 2 is 2.38 bits per heavy atom. The van der Waals surface area contributed by atoms with Gasteiger partial charge >= 0.3 is 0 Å². The molecule has 0 radical (unpaired) electrons. The highest BCUT2D eigenvalue weighted by molar-refractivity contribution is 5.49. The van der Waals surface area contributed by atoms with Crippen LogP contribution in [-0.2, 0) is 4.74 Å². The third kappa shape index (κ3) is 2.16. The first kappa shape index (κ1) is 10.5. The van der Waals surface area contributed by atoms with Crippen molar-refractivity contribution in [2.45, 2.75) is 12.5 Å². The second kappa shape index (κ2) is 4.70. The Hall–Kier alpha value is -1.97. The normalized spacial score (nSPS) is 18.8. The third-order valence-electron chi connectivity index (χ3n) is 2.45. The van der Waals surface area contributed by atoms with Gasteiger partial charge in [-0.2, -0.15) is 5.26 Å². The van der Waals surface area contributed by atoms with Gasteiger partial charge < -0.3 is 9.47 Å². The van der Waals surface area contributed by atoms with Crippen LogP contribution in [0.1, 0.15) is 17.5 Å². The fraction of sp³-hybridized carbons (Fsp3) is 0.308. The Labute approximate surface area is 94.6 Å². The van der Waals surface area contributed by atoms with Crippen LogP contribution in [0.3, 0.4) is 0 Å². The van der Waals surface area contributed by atoms with Gasteiger partial charge in [-0.3, -0.25) is 0 Å². The lowest BCUT2D eigenvalue weighted by molar-refractivity contribution is 0.141. The molecule has 16 heavy (non-hydrogen) atoms. The quantitative estimate of drug-likeness (QED) is 0.702. The summed E-state index contributed by atoms with van der Waals surface area (Å²) in [5.74, 6) is 3.07. The molecule has 0 aliphatic carbocycles. The van der Waals surface area contributed by atoms with Gasteiger partial charge in [0.1, 0.15) is 17.9 Å². The molecular weight excluding hydrogens is 202 g/mol. The van der Waals surface area contributed by atoms with E-state index in [0.717, 1.165) is 13.0 Å². The Morgan fingerprint density at radius 1 is 1.50 bits per heavy atom. The van der Waals surface area contributed by atoms with E-state index < -0.39 is 0 Å². The van der Waals surface area contributed by atoms with Crippen molar-refractivity contribution in [2.24, 2.45) is 0 Å². The monoisotopic (exact) mass is 213 g/mol. The van der Waals surface area contributed by atoms with Crippen LogP contribution in [-0.4, -0.2) is 19.3 Å². The minimum absolute atomic E-state index is 0.0452. The van der Waals surface area contributed by atoms with E-state index in [2.05, 4.69) is 12.0 Å². The summed E-state index contributed by atoms with van der Waals surface area (Å²) in [5, 5.41) is 8.98. The van der Waals surface area contributed by atoms with Crippen LogP contribution >= 0.6 is 0 Å². The molecular formula is C13H11NO2. The molecule has 0 aromatic heterocycles. The molecule has 1 saturated heterocycles. The van der Waals surface area contributed by atoms with Gasteiger partial charge in [0.05, 0.1) is 18.8 Å². The Morgan fingerprint density at radius 3 is 3.00 bits per heavy atom. The first-order valence-electron chi connectivity index (χ1n) is 5.08. The van der Waals surface area contributed by atoms with E-state index in [9.17, 15) is 0 Å². The van der Waals surface area contributed by atoms with E-state index in [4.69, 9.17) is 21.2 Å². The van der Waals surface area contributed by atoms with E-state index in [1.807, 2.05) is 0 Å². The van der Waals surface area contributed by atoms with Crippen LogP contribution in [0.15, 0.2) is 18.2 Å². The zero-order valence-electron chi connectivity index (χ0n) is 8.77. The molecule has 3 nitrogen and oxygen atoms in total. The minimum Gasteiger partial charge on any atom is -0.487 e. The molecule has 0 spiro atoms. The summed E-state index contributed by atoms with van der Waals surface area (Å²) in [7, 11) is 0. The Bertz CT molecular complexity index is 462. The molecule has 1 aromatic rings. The minimum atomic E-state index is 0.0452. The molecule has 1 fully saturated rings. The van der Waals surface area contributed by atoms with Gasteiger partial charge in [-0.1, -0.05) is 5.92 Å². The van der Waals surface area contributed by atoms with Crippen molar-refractivity contribution in [1.29, 1.82) is 5.26 Å². The number of ether oxygens (including phenoxy) is 2. The molecule has 3 heteroatoms. The number of hydrogen-bond donors (Lipinski definition) is 0. The zero-order valence-corrected chi connectivity index (χ0v) is 8.77. The van der Waals surface area contributed by atoms with Crippen molar-refractivity contribution in [3.63, 3.8) is 0 Å². The standard InChI is InChI=1S/C13H11NO2/c1-2-10-3-4-13(11(7-10)8-14)16-12-5-6-15-9-12/h1,3-4,7,12H,5-6,9H2. The molecule has 1 atom stereocenters. The van der Waals surface area contributed by atoms with Gasteiger partial charge in [0, 0.05) is 12.0 Å². The van der Waals surface area contributed by atoms with Crippen molar-refractivity contribution in [3.8, 4) is 24.2 Å². The molecule has 1 aromatic carbocycles. The summed E-state index contributed by atoms with van der Waals surface area (Å²) >= 11 is 0. The summed E-state index contributed by atoms with van der Waals surface area (Å²) < 4.78 is 10.9. The first-order valence-corrected chi connectivity index (χ1v) is 5.08. The van der Waals surface area contributed by atoms with E-state index in [-0.39, 0.29) is 6.10 Å².